The van der Waals surface area contributed by atoms with Crippen LogP contribution in [0.15, 0.2) is 58.2 Å². The molecule has 0 aliphatic heterocycles. The Labute approximate surface area is 159 Å². The Balaban J connectivity index is 1.62. The zero-order chi connectivity index (χ0) is 18.2. The van der Waals surface area contributed by atoms with Gasteiger partial charge >= 0.3 is 0 Å². The van der Waals surface area contributed by atoms with Crippen molar-refractivity contribution in [2.24, 2.45) is 0 Å². The molecule has 5 rings (SSSR count). The standard InChI is InChI=1S/C20H17N5OS/c1-2-7-18-23-17(24-26-18)12-27-20-22-14-9-4-3-8-13(14)19-21-15-10-5-6-11-16(15)25(19)20/h3-6,8-11H,2,7,12H2,1H3. The van der Waals surface area contributed by atoms with Gasteiger partial charge in [0.25, 0.3) is 0 Å². The summed E-state index contributed by atoms with van der Waals surface area (Å²) in [6, 6.07) is 16.2. The second kappa shape index (κ2) is 6.66. The van der Waals surface area contributed by atoms with E-state index in [2.05, 4.69) is 33.6 Å². The van der Waals surface area contributed by atoms with Crippen LogP contribution < -0.4 is 0 Å². The first-order valence-electron chi connectivity index (χ1n) is 8.93. The van der Waals surface area contributed by atoms with E-state index in [-0.39, 0.29) is 0 Å². The fraction of sp³-hybridized carbons (Fsp3) is 0.200. The number of fused-ring (bicyclic) bond motifs is 5. The van der Waals surface area contributed by atoms with Crippen LogP contribution in [0.3, 0.4) is 0 Å². The Morgan fingerprint density at radius 1 is 0.963 bits per heavy atom. The summed E-state index contributed by atoms with van der Waals surface area (Å²) in [5, 5.41) is 6.00. The molecule has 2 aromatic carbocycles. The summed E-state index contributed by atoms with van der Waals surface area (Å²) in [7, 11) is 0. The molecule has 0 atom stereocenters. The van der Waals surface area contributed by atoms with Crippen molar-refractivity contribution in [3.63, 3.8) is 0 Å². The molecule has 0 N–H and O–H groups in total. The molecule has 3 heterocycles. The largest absolute Gasteiger partial charge is 0.339 e. The average molecular weight is 375 g/mol. The van der Waals surface area contributed by atoms with Crippen molar-refractivity contribution in [1.29, 1.82) is 0 Å². The number of aryl methyl sites for hydroxylation is 1. The molecule has 0 radical (unpaired) electrons. The van der Waals surface area contributed by atoms with Crippen molar-refractivity contribution < 1.29 is 4.52 Å². The van der Waals surface area contributed by atoms with Crippen molar-refractivity contribution >= 4 is 39.3 Å². The molecule has 27 heavy (non-hydrogen) atoms. The number of thioether (sulfide) groups is 1. The molecule has 134 valence electrons. The number of aromatic nitrogens is 5. The van der Waals surface area contributed by atoms with Gasteiger partial charge in [-0.2, -0.15) is 4.98 Å². The van der Waals surface area contributed by atoms with Crippen LogP contribution in [-0.2, 0) is 12.2 Å². The summed E-state index contributed by atoms with van der Waals surface area (Å²) in [4.78, 5) is 14.2. The molecule has 0 aliphatic rings. The summed E-state index contributed by atoms with van der Waals surface area (Å²) in [6.07, 6.45) is 1.80. The van der Waals surface area contributed by atoms with Gasteiger partial charge in [0.05, 0.1) is 22.3 Å². The Kier molecular flexibility index (Phi) is 4.01. The van der Waals surface area contributed by atoms with Gasteiger partial charge in [0.15, 0.2) is 11.0 Å². The van der Waals surface area contributed by atoms with Crippen LogP contribution in [-0.4, -0.2) is 24.5 Å². The number of benzene rings is 2. The first-order chi connectivity index (χ1) is 13.3. The van der Waals surface area contributed by atoms with E-state index in [9.17, 15) is 0 Å². The molecule has 7 heteroatoms. The highest BCUT2D eigenvalue weighted by Gasteiger charge is 2.15. The maximum atomic E-state index is 5.29. The third-order valence-corrected chi connectivity index (χ3v) is 5.35. The van der Waals surface area contributed by atoms with Gasteiger partial charge in [-0.25, -0.2) is 9.97 Å². The highest BCUT2D eigenvalue weighted by molar-refractivity contribution is 7.98. The molecule has 0 bridgehead atoms. The van der Waals surface area contributed by atoms with Gasteiger partial charge in [-0.05, 0) is 30.7 Å². The van der Waals surface area contributed by atoms with E-state index >= 15 is 0 Å². The van der Waals surface area contributed by atoms with E-state index in [0.29, 0.717) is 17.5 Å². The van der Waals surface area contributed by atoms with E-state index in [4.69, 9.17) is 14.5 Å². The van der Waals surface area contributed by atoms with Crippen LogP contribution in [0.5, 0.6) is 0 Å². The lowest BCUT2D eigenvalue weighted by atomic mass is 10.2. The van der Waals surface area contributed by atoms with Crippen molar-refractivity contribution in [2.45, 2.75) is 30.7 Å². The second-order valence-electron chi connectivity index (χ2n) is 6.31. The Morgan fingerprint density at radius 2 is 1.78 bits per heavy atom. The monoisotopic (exact) mass is 375 g/mol. The van der Waals surface area contributed by atoms with E-state index < -0.39 is 0 Å². The van der Waals surface area contributed by atoms with Gasteiger partial charge in [-0.15, -0.1) is 0 Å². The Bertz CT molecular complexity index is 1260. The predicted molar refractivity (Wildman–Crippen MR) is 106 cm³/mol. The number of hydrogen-bond acceptors (Lipinski definition) is 6. The maximum Gasteiger partial charge on any atom is 0.226 e. The lowest BCUT2D eigenvalue weighted by Gasteiger charge is -2.07. The topological polar surface area (TPSA) is 69.1 Å². The zero-order valence-corrected chi connectivity index (χ0v) is 15.6. The molecular weight excluding hydrogens is 358 g/mol. The Hall–Kier alpha value is -2.93. The van der Waals surface area contributed by atoms with Crippen molar-refractivity contribution in [3.8, 4) is 0 Å². The van der Waals surface area contributed by atoms with Crippen LogP contribution >= 0.6 is 11.8 Å². The third-order valence-electron chi connectivity index (χ3n) is 4.42. The number of para-hydroxylation sites is 3. The Morgan fingerprint density at radius 3 is 2.67 bits per heavy atom. The molecular formula is C20H17N5OS. The number of nitrogens with zero attached hydrogens (tertiary/aromatic N) is 5. The van der Waals surface area contributed by atoms with E-state index in [1.54, 1.807) is 11.8 Å². The van der Waals surface area contributed by atoms with Crippen LogP contribution in [0, 0.1) is 0 Å². The minimum absolute atomic E-state index is 0.597. The van der Waals surface area contributed by atoms with Crippen LogP contribution in [0.2, 0.25) is 0 Å². The smallest absolute Gasteiger partial charge is 0.226 e. The molecule has 3 aromatic heterocycles. The second-order valence-corrected chi connectivity index (χ2v) is 7.26. The number of rotatable bonds is 5. The summed E-state index contributed by atoms with van der Waals surface area (Å²) >= 11 is 1.60. The lowest BCUT2D eigenvalue weighted by Crippen LogP contribution is -1.97. The minimum atomic E-state index is 0.597. The summed E-state index contributed by atoms with van der Waals surface area (Å²) in [6.45, 7) is 2.10. The van der Waals surface area contributed by atoms with Gasteiger partial charge in [0.2, 0.25) is 5.89 Å². The number of imidazole rings is 1. The quantitative estimate of drug-likeness (QED) is 0.329. The molecule has 0 spiro atoms. The van der Waals surface area contributed by atoms with Gasteiger partial charge in [-0.1, -0.05) is 48.1 Å². The number of hydrogen-bond donors (Lipinski definition) is 0. The van der Waals surface area contributed by atoms with Crippen LogP contribution in [0.1, 0.15) is 25.1 Å². The van der Waals surface area contributed by atoms with E-state index in [1.165, 1.54) is 0 Å². The summed E-state index contributed by atoms with van der Waals surface area (Å²) in [5.74, 6) is 1.98. The molecule has 0 saturated heterocycles. The normalized spacial score (nSPS) is 11.7. The average Bonchev–Trinajstić information content (AvgIpc) is 3.31. The van der Waals surface area contributed by atoms with Gasteiger partial charge in [-0.3, -0.25) is 4.40 Å². The van der Waals surface area contributed by atoms with E-state index in [1.807, 2.05) is 36.4 Å². The molecule has 0 unspecified atom stereocenters. The summed E-state index contributed by atoms with van der Waals surface area (Å²) < 4.78 is 7.41. The highest BCUT2D eigenvalue weighted by Crippen LogP contribution is 2.30. The fourth-order valence-electron chi connectivity index (χ4n) is 3.20. The molecule has 0 aliphatic carbocycles. The zero-order valence-electron chi connectivity index (χ0n) is 14.8. The van der Waals surface area contributed by atoms with Crippen LogP contribution in [0.4, 0.5) is 0 Å². The molecule has 0 saturated carbocycles. The van der Waals surface area contributed by atoms with Crippen LogP contribution in [0.25, 0.3) is 27.6 Å². The van der Waals surface area contributed by atoms with Crippen molar-refractivity contribution in [1.82, 2.24) is 24.5 Å². The first-order valence-corrected chi connectivity index (χ1v) is 9.92. The molecule has 0 amide bonds. The highest BCUT2D eigenvalue weighted by atomic mass is 32.2. The van der Waals surface area contributed by atoms with Crippen molar-refractivity contribution in [2.75, 3.05) is 0 Å². The van der Waals surface area contributed by atoms with E-state index in [0.717, 1.165) is 45.6 Å². The van der Waals surface area contributed by atoms with Gasteiger partial charge in [0.1, 0.15) is 5.65 Å². The molecule has 6 nitrogen and oxygen atoms in total. The molecule has 0 fully saturated rings. The first kappa shape index (κ1) is 16.3. The SMILES string of the molecule is CCCc1nc(CSc2nc3ccccc3c3nc4ccccc4n23)no1. The van der Waals surface area contributed by atoms with Gasteiger partial charge in [0, 0.05) is 11.8 Å². The predicted octanol–water partition coefficient (Wildman–Crippen LogP) is 4.66. The van der Waals surface area contributed by atoms with Crippen molar-refractivity contribution in [3.05, 3.63) is 60.2 Å². The minimum Gasteiger partial charge on any atom is -0.339 e. The molecule has 5 aromatic rings. The maximum absolute atomic E-state index is 5.29. The third kappa shape index (κ3) is 2.84. The summed E-state index contributed by atoms with van der Waals surface area (Å²) in [5.41, 5.74) is 3.86. The fourth-order valence-corrected chi connectivity index (χ4v) is 4.06. The van der Waals surface area contributed by atoms with Gasteiger partial charge < -0.3 is 4.52 Å². The lowest BCUT2D eigenvalue weighted by molar-refractivity contribution is 0.373.